The van der Waals surface area contributed by atoms with Gasteiger partial charge in [-0.05, 0) is 19.9 Å². The fraction of sp³-hybridized carbons (Fsp3) is 0.200. The van der Waals surface area contributed by atoms with Gasteiger partial charge in [0.1, 0.15) is 11.3 Å². The highest BCUT2D eigenvalue weighted by atomic mass is 32.1. The van der Waals surface area contributed by atoms with E-state index < -0.39 is 0 Å². The largest absolute Gasteiger partial charge is 0.396 e. The summed E-state index contributed by atoms with van der Waals surface area (Å²) in [7, 11) is 0. The number of hydrogen-bond acceptors (Lipinski definition) is 4. The van der Waals surface area contributed by atoms with Crippen molar-refractivity contribution in [1.29, 1.82) is 0 Å². The molecule has 5 heteroatoms. The molecule has 0 atom stereocenters. The molecule has 2 N–H and O–H groups in total. The topological polar surface area (TPSA) is 60.9 Å². The van der Waals surface area contributed by atoms with E-state index >= 15 is 0 Å². The predicted octanol–water partition coefficient (Wildman–Crippen LogP) is 2.03. The standard InChI is InChI=1S/C10H11N3OS/c1-6-4-13(5-12-6)10-8(11)3-9(15-10)7(2)14/h3-5H,11H2,1-2H3. The van der Waals surface area contributed by atoms with Crippen LogP contribution >= 0.6 is 11.3 Å². The zero-order valence-corrected chi connectivity index (χ0v) is 9.34. The van der Waals surface area contributed by atoms with Crippen LogP contribution in [-0.2, 0) is 0 Å². The minimum atomic E-state index is 0.0368. The Bertz CT molecular complexity index is 512. The second-order valence-corrected chi connectivity index (χ2v) is 4.38. The minimum absolute atomic E-state index is 0.0368. The van der Waals surface area contributed by atoms with E-state index in [4.69, 9.17) is 5.73 Å². The molecule has 0 aliphatic carbocycles. The fourth-order valence-electron chi connectivity index (χ4n) is 1.30. The lowest BCUT2D eigenvalue weighted by Crippen LogP contribution is -1.91. The third-order valence-electron chi connectivity index (χ3n) is 2.03. The van der Waals surface area contributed by atoms with E-state index in [1.54, 1.807) is 12.4 Å². The highest BCUT2D eigenvalue weighted by molar-refractivity contribution is 7.17. The molecule has 0 aliphatic heterocycles. The number of nitrogen functional groups attached to an aromatic ring is 1. The van der Waals surface area contributed by atoms with Gasteiger partial charge in [0.2, 0.25) is 0 Å². The number of ketones is 1. The second kappa shape index (κ2) is 3.51. The molecule has 2 aromatic heterocycles. The van der Waals surface area contributed by atoms with Gasteiger partial charge in [0.15, 0.2) is 5.78 Å². The normalized spacial score (nSPS) is 10.5. The predicted molar refractivity (Wildman–Crippen MR) is 60.6 cm³/mol. The molecule has 0 amide bonds. The number of rotatable bonds is 2. The van der Waals surface area contributed by atoms with Gasteiger partial charge in [0, 0.05) is 6.20 Å². The van der Waals surface area contributed by atoms with Crippen molar-refractivity contribution in [2.75, 3.05) is 5.73 Å². The smallest absolute Gasteiger partial charge is 0.169 e. The van der Waals surface area contributed by atoms with Crippen molar-refractivity contribution in [3.05, 3.63) is 29.2 Å². The summed E-state index contributed by atoms with van der Waals surface area (Å²) in [5.41, 5.74) is 7.37. The zero-order chi connectivity index (χ0) is 11.0. The molecule has 2 heterocycles. The molecule has 2 rings (SSSR count). The number of imidazole rings is 1. The summed E-state index contributed by atoms with van der Waals surface area (Å²) >= 11 is 1.38. The van der Waals surface area contributed by atoms with E-state index in [0.29, 0.717) is 10.6 Å². The van der Waals surface area contributed by atoms with Crippen molar-refractivity contribution in [2.45, 2.75) is 13.8 Å². The monoisotopic (exact) mass is 221 g/mol. The van der Waals surface area contributed by atoms with Crippen LogP contribution in [0.25, 0.3) is 5.00 Å². The quantitative estimate of drug-likeness (QED) is 0.789. The third kappa shape index (κ3) is 1.78. The molecule has 0 saturated heterocycles. The highest BCUT2D eigenvalue weighted by Gasteiger charge is 2.11. The Kier molecular flexibility index (Phi) is 2.32. The van der Waals surface area contributed by atoms with E-state index in [9.17, 15) is 4.79 Å². The molecule has 0 aliphatic rings. The summed E-state index contributed by atoms with van der Waals surface area (Å²) in [5, 5.41) is 0.848. The number of carbonyl (C=O) groups excluding carboxylic acids is 1. The van der Waals surface area contributed by atoms with Gasteiger partial charge in [-0.1, -0.05) is 0 Å². The van der Waals surface area contributed by atoms with Crippen molar-refractivity contribution in [3.63, 3.8) is 0 Å². The molecule has 0 spiro atoms. The van der Waals surface area contributed by atoms with Gasteiger partial charge in [-0.25, -0.2) is 4.98 Å². The molecule has 0 fully saturated rings. The van der Waals surface area contributed by atoms with E-state index in [2.05, 4.69) is 4.98 Å². The van der Waals surface area contributed by atoms with Crippen molar-refractivity contribution in [3.8, 4) is 5.00 Å². The van der Waals surface area contributed by atoms with Gasteiger partial charge in [-0.15, -0.1) is 11.3 Å². The Hall–Kier alpha value is -1.62. The lowest BCUT2D eigenvalue weighted by molar-refractivity contribution is 0.102. The van der Waals surface area contributed by atoms with Gasteiger partial charge >= 0.3 is 0 Å². The lowest BCUT2D eigenvalue weighted by atomic mass is 10.3. The number of thiophene rings is 1. The number of nitrogens with zero attached hydrogens (tertiary/aromatic N) is 2. The molecule has 15 heavy (non-hydrogen) atoms. The lowest BCUT2D eigenvalue weighted by Gasteiger charge is -1.97. The Labute approximate surface area is 91.4 Å². The van der Waals surface area contributed by atoms with Crippen molar-refractivity contribution < 1.29 is 4.79 Å². The van der Waals surface area contributed by atoms with Crippen LogP contribution in [-0.4, -0.2) is 15.3 Å². The Morgan fingerprint density at radius 2 is 2.33 bits per heavy atom. The first-order valence-corrected chi connectivity index (χ1v) is 5.31. The maximum Gasteiger partial charge on any atom is 0.169 e. The highest BCUT2D eigenvalue weighted by Crippen LogP contribution is 2.28. The Morgan fingerprint density at radius 3 is 2.80 bits per heavy atom. The number of nitrogens with two attached hydrogens (primary N) is 1. The molecule has 0 aromatic carbocycles. The number of aromatic nitrogens is 2. The minimum Gasteiger partial charge on any atom is -0.396 e. The maximum atomic E-state index is 11.2. The van der Waals surface area contributed by atoms with E-state index in [-0.39, 0.29) is 5.78 Å². The van der Waals surface area contributed by atoms with E-state index in [1.165, 1.54) is 18.3 Å². The summed E-state index contributed by atoms with van der Waals surface area (Å²) in [6.45, 7) is 3.44. The average Bonchev–Trinajstić information content (AvgIpc) is 2.71. The summed E-state index contributed by atoms with van der Waals surface area (Å²) in [4.78, 5) is 16.0. The van der Waals surface area contributed by atoms with Crippen LogP contribution in [0, 0.1) is 6.92 Å². The average molecular weight is 221 g/mol. The number of aryl methyl sites for hydroxylation is 1. The van der Waals surface area contributed by atoms with Crippen LogP contribution in [0.5, 0.6) is 0 Å². The van der Waals surface area contributed by atoms with Crippen LogP contribution < -0.4 is 5.73 Å². The van der Waals surface area contributed by atoms with Crippen LogP contribution in [0.15, 0.2) is 18.6 Å². The molecule has 0 saturated carbocycles. The zero-order valence-electron chi connectivity index (χ0n) is 8.52. The first-order chi connectivity index (χ1) is 7.08. The van der Waals surface area contributed by atoms with Crippen LogP contribution in [0.3, 0.4) is 0 Å². The first kappa shape index (κ1) is 9.92. The van der Waals surface area contributed by atoms with Crippen molar-refractivity contribution in [1.82, 2.24) is 9.55 Å². The molecule has 4 nitrogen and oxygen atoms in total. The number of Topliss-reactive ketones (excluding diaryl/α,β-unsaturated/α-hetero) is 1. The number of carbonyl (C=O) groups is 1. The van der Waals surface area contributed by atoms with E-state index in [1.807, 2.05) is 17.7 Å². The first-order valence-electron chi connectivity index (χ1n) is 4.49. The molecule has 2 aromatic rings. The summed E-state index contributed by atoms with van der Waals surface area (Å²) in [6, 6.07) is 1.71. The van der Waals surface area contributed by atoms with E-state index in [0.717, 1.165) is 10.7 Å². The summed E-state index contributed by atoms with van der Waals surface area (Å²) in [6.07, 6.45) is 3.58. The Morgan fingerprint density at radius 1 is 1.60 bits per heavy atom. The molecule has 0 bridgehead atoms. The maximum absolute atomic E-state index is 11.2. The Balaban J connectivity index is 2.49. The molecular weight excluding hydrogens is 210 g/mol. The fourth-order valence-corrected chi connectivity index (χ4v) is 2.22. The SMILES string of the molecule is CC(=O)c1cc(N)c(-n2cnc(C)c2)s1. The van der Waals surface area contributed by atoms with Crippen LogP contribution in [0.4, 0.5) is 5.69 Å². The summed E-state index contributed by atoms with van der Waals surface area (Å²) in [5.74, 6) is 0.0368. The molecule has 0 unspecified atom stereocenters. The van der Waals surface area contributed by atoms with Gasteiger partial charge in [-0.2, -0.15) is 0 Å². The van der Waals surface area contributed by atoms with Gasteiger partial charge < -0.3 is 5.73 Å². The van der Waals surface area contributed by atoms with Gasteiger partial charge in [-0.3, -0.25) is 9.36 Å². The van der Waals surface area contributed by atoms with Crippen molar-refractivity contribution >= 4 is 22.8 Å². The molecule has 0 radical (unpaired) electrons. The second-order valence-electron chi connectivity index (χ2n) is 3.35. The van der Waals surface area contributed by atoms with Gasteiger partial charge in [0.25, 0.3) is 0 Å². The molecular formula is C10H11N3OS. The van der Waals surface area contributed by atoms with Crippen molar-refractivity contribution in [2.24, 2.45) is 0 Å². The molecule has 78 valence electrons. The van der Waals surface area contributed by atoms with Crippen LogP contribution in [0.2, 0.25) is 0 Å². The van der Waals surface area contributed by atoms with Gasteiger partial charge in [0.05, 0.1) is 16.3 Å². The number of anilines is 1. The van der Waals surface area contributed by atoms with Crippen LogP contribution in [0.1, 0.15) is 22.3 Å². The summed E-state index contributed by atoms with van der Waals surface area (Å²) < 4.78 is 1.84. The number of hydrogen-bond donors (Lipinski definition) is 1. The third-order valence-corrected chi connectivity index (χ3v) is 3.30.